The van der Waals surface area contributed by atoms with Gasteiger partial charge in [0.05, 0.1) is 12.4 Å². The fourth-order valence-electron chi connectivity index (χ4n) is 1.85. The van der Waals surface area contributed by atoms with Crippen LogP contribution in [-0.2, 0) is 13.0 Å². The Morgan fingerprint density at radius 2 is 1.90 bits per heavy atom. The molecule has 0 radical (unpaired) electrons. The van der Waals surface area contributed by atoms with Crippen LogP contribution in [0.3, 0.4) is 0 Å². The van der Waals surface area contributed by atoms with Gasteiger partial charge < -0.3 is 11.1 Å². The lowest BCUT2D eigenvalue weighted by atomic mass is 10.2. The van der Waals surface area contributed by atoms with Gasteiger partial charge in [0.1, 0.15) is 5.82 Å². The number of hydrogen-bond donors (Lipinski definition) is 3. The Kier molecular flexibility index (Phi) is 5.46. The second kappa shape index (κ2) is 7.57. The second-order valence-electron chi connectivity index (χ2n) is 4.44. The SMILES string of the molecule is NCc1cccc(CCNCNc2cccc(F)c2)n1. The summed E-state index contributed by atoms with van der Waals surface area (Å²) in [7, 11) is 0. The molecule has 4 nitrogen and oxygen atoms in total. The van der Waals surface area contributed by atoms with Crippen molar-refractivity contribution in [3.8, 4) is 0 Å². The van der Waals surface area contributed by atoms with Gasteiger partial charge in [0.2, 0.25) is 0 Å². The first-order valence-electron chi connectivity index (χ1n) is 6.63. The van der Waals surface area contributed by atoms with Crippen LogP contribution >= 0.6 is 0 Å². The third-order valence-electron chi connectivity index (χ3n) is 2.87. The Labute approximate surface area is 118 Å². The third-order valence-corrected chi connectivity index (χ3v) is 2.87. The Morgan fingerprint density at radius 3 is 2.70 bits per heavy atom. The molecule has 0 aliphatic rings. The van der Waals surface area contributed by atoms with E-state index in [1.165, 1.54) is 12.1 Å². The first-order valence-corrected chi connectivity index (χ1v) is 6.63. The molecule has 0 unspecified atom stereocenters. The summed E-state index contributed by atoms with van der Waals surface area (Å²) >= 11 is 0. The number of nitrogens with two attached hydrogens (primary N) is 1. The molecule has 5 heteroatoms. The average Bonchev–Trinajstić information content (AvgIpc) is 2.47. The van der Waals surface area contributed by atoms with E-state index in [0.29, 0.717) is 13.2 Å². The molecule has 0 spiro atoms. The van der Waals surface area contributed by atoms with E-state index in [4.69, 9.17) is 5.73 Å². The van der Waals surface area contributed by atoms with E-state index in [2.05, 4.69) is 15.6 Å². The first kappa shape index (κ1) is 14.4. The van der Waals surface area contributed by atoms with Gasteiger partial charge in [-0.05, 0) is 30.3 Å². The molecule has 20 heavy (non-hydrogen) atoms. The molecular weight excluding hydrogens is 255 g/mol. The number of halogens is 1. The Bertz CT molecular complexity index is 545. The van der Waals surface area contributed by atoms with Crippen LogP contribution in [-0.4, -0.2) is 18.2 Å². The molecule has 1 aromatic heterocycles. The van der Waals surface area contributed by atoms with Crippen molar-refractivity contribution in [3.63, 3.8) is 0 Å². The van der Waals surface area contributed by atoms with Gasteiger partial charge in [-0.1, -0.05) is 12.1 Å². The second-order valence-corrected chi connectivity index (χ2v) is 4.44. The zero-order valence-electron chi connectivity index (χ0n) is 11.3. The predicted molar refractivity (Wildman–Crippen MR) is 78.7 cm³/mol. The fourth-order valence-corrected chi connectivity index (χ4v) is 1.85. The normalized spacial score (nSPS) is 10.5. The largest absolute Gasteiger partial charge is 0.372 e. The van der Waals surface area contributed by atoms with E-state index in [0.717, 1.165) is 30.0 Å². The highest BCUT2D eigenvalue weighted by molar-refractivity contribution is 5.42. The van der Waals surface area contributed by atoms with Crippen LogP contribution < -0.4 is 16.4 Å². The minimum absolute atomic E-state index is 0.238. The van der Waals surface area contributed by atoms with Gasteiger partial charge in [-0.15, -0.1) is 0 Å². The van der Waals surface area contributed by atoms with Crippen LogP contribution in [0.2, 0.25) is 0 Å². The lowest BCUT2D eigenvalue weighted by molar-refractivity contribution is 0.628. The van der Waals surface area contributed by atoms with Crippen LogP contribution in [0.1, 0.15) is 11.4 Å². The van der Waals surface area contributed by atoms with E-state index in [-0.39, 0.29) is 5.82 Å². The van der Waals surface area contributed by atoms with Crippen molar-refractivity contribution in [2.45, 2.75) is 13.0 Å². The van der Waals surface area contributed by atoms with E-state index < -0.39 is 0 Å². The van der Waals surface area contributed by atoms with Crippen molar-refractivity contribution in [1.29, 1.82) is 0 Å². The van der Waals surface area contributed by atoms with Gasteiger partial charge in [0.15, 0.2) is 0 Å². The summed E-state index contributed by atoms with van der Waals surface area (Å²) in [4.78, 5) is 4.42. The fraction of sp³-hybridized carbons (Fsp3) is 0.267. The lowest BCUT2D eigenvalue weighted by Gasteiger charge is -2.08. The maximum Gasteiger partial charge on any atom is 0.125 e. The highest BCUT2D eigenvalue weighted by Gasteiger charge is 1.97. The van der Waals surface area contributed by atoms with Gasteiger partial charge in [0.25, 0.3) is 0 Å². The summed E-state index contributed by atoms with van der Waals surface area (Å²) in [5, 5.41) is 6.34. The van der Waals surface area contributed by atoms with Crippen LogP contribution in [0.25, 0.3) is 0 Å². The molecule has 0 bridgehead atoms. The maximum atomic E-state index is 13.0. The number of hydrogen-bond acceptors (Lipinski definition) is 4. The Hall–Kier alpha value is -1.98. The van der Waals surface area contributed by atoms with Gasteiger partial charge >= 0.3 is 0 Å². The van der Waals surface area contributed by atoms with Crippen molar-refractivity contribution >= 4 is 5.69 Å². The van der Waals surface area contributed by atoms with Crippen molar-refractivity contribution in [1.82, 2.24) is 10.3 Å². The quantitative estimate of drug-likeness (QED) is 0.533. The summed E-state index contributed by atoms with van der Waals surface area (Å²) in [6.45, 7) is 1.84. The van der Waals surface area contributed by atoms with Crippen molar-refractivity contribution in [3.05, 3.63) is 59.7 Å². The molecule has 0 fully saturated rings. The van der Waals surface area contributed by atoms with Crippen LogP contribution in [0, 0.1) is 5.82 Å². The highest BCUT2D eigenvalue weighted by atomic mass is 19.1. The van der Waals surface area contributed by atoms with E-state index in [9.17, 15) is 4.39 Å². The minimum Gasteiger partial charge on any atom is -0.372 e. The van der Waals surface area contributed by atoms with Crippen LogP contribution in [0.5, 0.6) is 0 Å². The molecule has 106 valence electrons. The standard InChI is InChI=1S/C15H19FN4/c16-12-3-1-5-14(9-12)19-11-18-8-7-13-4-2-6-15(10-17)20-13/h1-6,9,18-19H,7-8,10-11,17H2. The zero-order chi connectivity index (χ0) is 14.2. The zero-order valence-corrected chi connectivity index (χ0v) is 11.3. The van der Waals surface area contributed by atoms with Gasteiger partial charge in [-0.25, -0.2) is 4.39 Å². The number of pyridine rings is 1. The first-order chi connectivity index (χ1) is 9.78. The summed E-state index contributed by atoms with van der Waals surface area (Å²) < 4.78 is 13.0. The number of aromatic nitrogens is 1. The molecule has 2 aromatic rings. The van der Waals surface area contributed by atoms with E-state index >= 15 is 0 Å². The van der Waals surface area contributed by atoms with Gasteiger partial charge in [-0.2, -0.15) is 0 Å². The van der Waals surface area contributed by atoms with Crippen LogP contribution in [0.4, 0.5) is 10.1 Å². The summed E-state index contributed by atoms with van der Waals surface area (Å²) in [6.07, 6.45) is 0.832. The summed E-state index contributed by atoms with van der Waals surface area (Å²) in [5.41, 5.74) is 8.24. The number of nitrogens with zero attached hydrogens (tertiary/aromatic N) is 1. The molecule has 2 rings (SSSR count). The number of nitrogens with one attached hydrogen (secondary N) is 2. The molecule has 1 heterocycles. The molecule has 0 saturated heterocycles. The molecule has 4 N–H and O–H groups in total. The molecule has 0 aliphatic heterocycles. The van der Waals surface area contributed by atoms with Crippen molar-refractivity contribution < 1.29 is 4.39 Å². The lowest BCUT2D eigenvalue weighted by Crippen LogP contribution is -2.24. The average molecular weight is 274 g/mol. The van der Waals surface area contributed by atoms with Gasteiger partial charge in [-0.3, -0.25) is 10.3 Å². The van der Waals surface area contributed by atoms with Crippen molar-refractivity contribution in [2.75, 3.05) is 18.5 Å². The van der Waals surface area contributed by atoms with E-state index in [1.54, 1.807) is 6.07 Å². The minimum atomic E-state index is -0.238. The molecule has 0 amide bonds. The number of benzene rings is 1. The summed E-state index contributed by atoms with van der Waals surface area (Å²) in [6, 6.07) is 12.3. The predicted octanol–water partition coefficient (Wildman–Crippen LogP) is 1.88. The monoisotopic (exact) mass is 274 g/mol. The van der Waals surface area contributed by atoms with E-state index in [1.807, 2.05) is 24.3 Å². The highest BCUT2D eigenvalue weighted by Crippen LogP contribution is 2.07. The Morgan fingerprint density at radius 1 is 1.10 bits per heavy atom. The number of anilines is 1. The molecule has 0 atom stereocenters. The van der Waals surface area contributed by atoms with Gasteiger partial charge in [0, 0.05) is 30.9 Å². The molecule has 0 saturated carbocycles. The van der Waals surface area contributed by atoms with Crippen molar-refractivity contribution in [2.24, 2.45) is 5.73 Å². The molecular formula is C15H19FN4. The topological polar surface area (TPSA) is 63.0 Å². The number of rotatable bonds is 7. The maximum absolute atomic E-state index is 13.0. The third kappa shape index (κ3) is 4.60. The smallest absolute Gasteiger partial charge is 0.125 e. The van der Waals surface area contributed by atoms with Crippen LogP contribution in [0.15, 0.2) is 42.5 Å². The molecule has 0 aliphatic carbocycles. The molecule has 1 aromatic carbocycles. The Balaban J connectivity index is 1.68. The summed E-state index contributed by atoms with van der Waals surface area (Å²) in [5.74, 6) is -0.238.